The summed E-state index contributed by atoms with van der Waals surface area (Å²) in [4.78, 5) is 17.7. The van der Waals surface area contributed by atoms with E-state index in [1.54, 1.807) is 19.1 Å². The van der Waals surface area contributed by atoms with Crippen LogP contribution in [0.2, 0.25) is 0 Å². The molecule has 0 fully saturated rings. The number of anilines is 1. The maximum absolute atomic E-state index is 13.1. The van der Waals surface area contributed by atoms with Crippen LogP contribution in [-0.2, 0) is 16.1 Å². The van der Waals surface area contributed by atoms with Crippen LogP contribution in [0.1, 0.15) is 27.9 Å². The number of nitrogens with zero attached hydrogens (tertiary/aromatic N) is 1. The molecular formula is C22H23FN2O3S. The van der Waals surface area contributed by atoms with Gasteiger partial charge in [0.1, 0.15) is 15.7 Å². The standard InChI is InChI=1S/C22H23FN2O3S/c1-3-27-11-12-28-14-16-5-4-6-19(13-16)25-21(26)20-15(2)24-22(29-20)17-7-9-18(23)10-8-17/h4-10,13H,3,11-12,14H2,1-2H3,(H,25,26). The number of ether oxygens (including phenoxy) is 2. The molecule has 0 bridgehead atoms. The van der Waals surface area contributed by atoms with Crippen LogP contribution in [0.4, 0.5) is 10.1 Å². The first-order valence-corrected chi connectivity index (χ1v) is 10.2. The fourth-order valence-electron chi connectivity index (χ4n) is 2.70. The summed E-state index contributed by atoms with van der Waals surface area (Å²) in [6.07, 6.45) is 0. The van der Waals surface area contributed by atoms with E-state index in [1.165, 1.54) is 23.5 Å². The first kappa shape index (κ1) is 21.1. The van der Waals surface area contributed by atoms with Gasteiger partial charge in [0.15, 0.2) is 0 Å². The van der Waals surface area contributed by atoms with Crippen LogP contribution in [0.5, 0.6) is 0 Å². The number of thiazole rings is 1. The van der Waals surface area contributed by atoms with E-state index in [9.17, 15) is 9.18 Å². The summed E-state index contributed by atoms with van der Waals surface area (Å²) >= 11 is 1.29. The number of aryl methyl sites for hydroxylation is 1. The highest BCUT2D eigenvalue weighted by atomic mass is 32.1. The van der Waals surface area contributed by atoms with E-state index in [2.05, 4.69) is 10.3 Å². The molecule has 0 radical (unpaired) electrons. The van der Waals surface area contributed by atoms with Gasteiger partial charge in [-0.3, -0.25) is 4.79 Å². The highest BCUT2D eigenvalue weighted by Gasteiger charge is 2.16. The number of rotatable bonds is 9. The predicted molar refractivity (Wildman–Crippen MR) is 113 cm³/mol. The first-order valence-electron chi connectivity index (χ1n) is 9.36. The van der Waals surface area contributed by atoms with E-state index < -0.39 is 0 Å². The zero-order chi connectivity index (χ0) is 20.6. The first-order chi connectivity index (χ1) is 14.1. The molecule has 0 saturated heterocycles. The maximum atomic E-state index is 13.1. The lowest BCUT2D eigenvalue weighted by molar-refractivity contribution is 0.0453. The third-order valence-electron chi connectivity index (χ3n) is 4.12. The number of hydrogen-bond donors (Lipinski definition) is 1. The topological polar surface area (TPSA) is 60.5 Å². The minimum Gasteiger partial charge on any atom is -0.379 e. The molecule has 5 nitrogen and oxygen atoms in total. The fraction of sp³-hybridized carbons (Fsp3) is 0.273. The summed E-state index contributed by atoms with van der Waals surface area (Å²) in [5, 5.41) is 3.60. The molecule has 3 aromatic rings. The number of nitrogens with one attached hydrogen (secondary N) is 1. The van der Waals surface area contributed by atoms with Gasteiger partial charge in [-0.25, -0.2) is 9.37 Å². The second kappa shape index (κ2) is 10.2. The Kier molecular flexibility index (Phi) is 7.46. The van der Waals surface area contributed by atoms with Gasteiger partial charge in [0.2, 0.25) is 0 Å². The molecule has 0 saturated carbocycles. The lowest BCUT2D eigenvalue weighted by atomic mass is 10.2. The molecule has 152 valence electrons. The van der Waals surface area contributed by atoms with Crippen molar-refractivity contribution in [2.24, 2.45) is 0 Å². The number of amides is 1. The van der Waals surface area contributed by atoms with Crippen LogP contribution >= 0.6 is 11.3 Å². The lowest BCUT2D eigenvalue weighted by Crippen LogP contribution is -2.11. The van der Waals surface area contributed by atoms with E-state index in [1.807, 2.05) is 31.2 Å². The predicted octanol–water partition coefficient (Wildman–Crippen LogP) is 5.06. The maximum Gasteiger partial charge on any atom is 0.267 e. The monoisotopic (exact) mass is 414 g/mol. The minimum atomic E-state index is -0.304. The second-order valence-electron chi connectivity index (χ2n) is 6.34. The van der Waals surface area contributed by atoms with Gasteiger partial charge < -0.3 is 14.8 Å². The highest BCUT2D eigenvalue weighted by molar-refractivity contribution is 7.17. The number of halogens is 1. The van der Waals surface area contributed by atoms with Crippen LogP contribution in [0.3, 0.4) is 0 Å². The van der Waals surface area contributed by atoms with Gasteiger partial charge in [-0.1, -0.05) is 12.1 Å². The van der Waals surface area contributed by atoms with Gasteiger partial charge in [-0.05, 0) is 55.8 Å². The average molecular weight is 415 g/mol. The smallest absolute Gasteiger partial charge is 0.267 e. The van der Waals surface area contributed by atoms with E-state index in [-0.39, 0.29) is 11.7 Å². The number of benzene rings is 2. The lowest BCUT2D eigenvalue weighted by Gasteiger charge is -2.08. The average Bonchev–Trinajstić information content (AvgIpc) is 3.10. The quantitative estimate of drug-likeness (QED) is 0.497. The van der Waals surface area contributed by atoms with Crippen molar-refractivity contribution < 1.29 is 18.7 Å². The normalized spacial score (nSPS) is 10.9. The summed E-state index contributed by atoms with van der Waals surface area (Å²) < 4.78 is 23.9. The SMILES string of the molecule is CCOCCOCc1cccc(NC(=O)c2sc(-c3ccc(F)cc3)nc2C)c1. The highest BCUT2D eigenvalue weighted by Crippen LogP contribution is 2.28. The Morgan fingerprint density at radius 3 is 2.66 bits per heavy atom. The summed E-state index contributed by atoms with van der Waals surface area (Å²) in [5.74, 6) is -0.524. The van der Waals surface area contributed by atoms with E-state index >= 15 is 0 Å². The molecule has 1 aromatic heterocycles. The van der Waals surface area contributed by atoms with Crippen molar-refractivity contribution in [3.05, 3.63) is 70.5 Å². The molecule has 1 amide bonds. The molecule has 0 aliphatic heterocycles. The zero-order valence-electron chi connectivity index (χ0n) is 16.4. The molecule has 0 atom stereocenters. The molecule has 0 spiro atoms. The second-order valence-corrected chi connectivity index (χ2v) is 7.34. The number of aromatic nitrogens is 1. The van der Waals surface area contributed by atoms with Crippen LogP contribution < -0.4 is 5.32 Å². The fourth-order valence-corrected chi connectivity index (χ4v) is 3.67. The zero-order valence-corrected chi connectivity index (χ0v) is 17.2. The molecule has 0 aliphatic rings. The Labute approximate surface area is 173 Å². The van der Waals surface area contributed by atoms with Gasteiger partial charge in [-0.2, -0.15) is 0 Å². The Balaban J connectivity index is 1.64. The van der Waals surface area contributed by atoms with Crippen molar-refractivity contribution in [1.82, 2.24) is 4.98 Å². The van der Waals surface area contributed by atoms with Crippen molar-refractivity contribution in [2.75, 3.05) is 25.1 Å². The van der Waals surface area contributed by atoms with Gasteiger partial charge in [0, 0.05) is 17.9 Å². The van der Waals surface area contributed by atoms with Crippen LogP contribution in [-0.4, -0.2) is 30.7 Å². The van der Waals surface area contributed by atoms with E-state index in [0.717, 1.165) is 11.1 Å². The van der Waals surface area contributed by atoms with Gasteiger partial charge in [-0.15, -0.1) is 11.3 Å². The molecule has 0 unspecified atom stereocenters. The summed E-state index contributed by atoms with van der Waals surface area (Å²) in [5.41, 5.74) is 3.08. The molecule has 3 rings (SSSR count). The van der Waals surface area contributed by atoms with Crippen molar-refractivity contribution in [3.8, 4) is 10.6 Å². The summed E-state index contributed by atoms with van der Waals surface area (Å²) in [7, 11) is 0. The third kappa shape index (κ3) is 5.93. The summed E-state index contributed by atoms with van der Waals surface area (Å²) in [6.45, 7) is 5.95. The Morgan fingerprint density at radius 2 is 1.90 bits per heavy atom. The van der Waals surface area contributed by atoms with E-state index in [4.69, 9.17) is 9.47 Å². The van der Waals surface area contributed by atoms with Gasteiger partial charge in [0.25, 0.3) is 5.91 Å². The number of hydrogen-bond acceptors (Lipinski definition) is 5. The van der Waals surface area contributed by atoms with Crippen molar-refractivity contribution >= 4 is 22.9 Å². The molecule has 29 heavy (non-hydrogen) atoms. The van der Waals surface area contributed by atoms with Crippen LogP contribution in [0.15, 0.2) is 48.5 Å². The number of carbonyl (C=O) groups is 1. The third-order valence-corrected chi connectivity index (χ3v) is 5.33. The molecule has 1 heterocycles. The van der Waals surface area contributed by atoms with Crippen molar-refractivity contribution in [3.63, 3.8) is 0 Å². The molecule has 2 aromatic carbocycles. The molecule has 0 aliphatic carbocycles. The molecule has 7 heteroatoms. The van der Waals surface area contributed by atoms with Crippen molar-refractivity contribution in [1.29, 1.82) is 0 Å². The van der Waals surface area contributed by atoms with Gasteiger partial charge in [0.05, 0.1) is 25.5 Å². The van der Waals surface area contributed by atoms with E-state index in [0.29, 0.717) is 47.7 Å². The van der Waals surface area contributed by atoms with Crippen LogP contribution in [0, 0.1) is 12.7 Å². The van der Waals surface area contributed by atoms with Crippen molar-refractivity contribution in [2.45, 2.75) is 20.5 Å². The Morgan fingerprint density at radius 1 is 1.14 bits per heavy atom. The Hall–Kier alpha value is -2.61. The number of carbonyl (C=O) groups excluding carboxylic acids is 1. The summed E-state index contributed by atoms with van der Waals surface area (Å²) in [6, 6.07) is 13.6. The Bertz CT molecular complexity index is 957. The molecule has 1 N–H and O–H groups in total. The van der Waals surface area contributed by atoms with Gasteiger partial charge >= 0.3 is 0 Å². The van der Waals surface area contributed by atoms with Crippen LogP contribution in [0.25, 0.3) is 10.6 Å². The largest absolute Gasteiger partial charge is 0.379 e. The minimum absolute atomic E-state index is 0.220. The molecular weight excluding hydrogens is 391 g/mol.